The van der Waals surface area contributed by atoms with Crippen LogP contribution in [0.1, 0.15) is 5.56 Å². The van der Waals surface area contributed by atoms with Crippen LogP contribution in [-0.4, -0.2) is 25.5 Å². The van der Waals surface area contributed by atoms with Crippen LogP contribution in [0.2, 0.25) is 0 Å². The first-order valence-electron chi connectivity index (χ1n) is 8.30. The van der Waals surface area contributed by atoms with Crippen LogP contribution >= 0.6 is 0 Å². The van der Waals surface area contributed by atoms with E-state index in [-0.39, 0.29) is 18.3 Å². The lowest BCUT2D eigenvalue weighted by Crippen LogP contribution is -2.14. The van der Waals surface area contributed by atoms with E-state index in [0.29, 0.717) is 22.6 Å². The Morgan fingerprint density at radius 1 is 1.11 bits per heavy atom. The van der Waals surface area contributed by atoms with E-state index in [4.69, 9.17) is 5.73 Å². The van der Waals surface area contributed by atoms with Gasteiger partial charge in [0.25, 0.3) is 0 Å². The van der Waals surface area contributed by atoms with Gasteiger partial charge >= 0.3 is 0 Å². The third kappa shape index (κ3) is 3.63. The van der Waals surface area contributed by atoms with Gasteiger partial charge in [0.05, 0.1) is 24.5 Å². The number of benzene rings is 2. The van der Waals surface area contributed by atoms with Crippen LogP contribution in [0.4, 0.5) is 20.4 Å². The summed E-state index contributed by atoms with van der Waals surface area (Å²) >= 11 is 0. The zero-order chi connectivity index (χ0) is 19.7. The second-order valence-corrected chi connectivity index (χ2v) is 6.10. The molecule has 2 aromatic heterocycles. The van der Waals surface area contributed by atoms with Gasteiger partial charge in [-0.15, -0.1) is 5.10 Å². The molecule has 0 fully saturated rings. The Kier molecular flexibility index (Phi) is 4.40. The molecule has 0 bridgehead atoms. The van der Waals surface area contributed by atoms with Crippen molar-refractivity contribution in [2.45, 2.75) is 6.42 Å². The normalized spacial score (nSPS) is 10.9. The SMILES string of the molecule is Nc1nc2cnc(-c3ccc(NC(=O)Cc4ccc(F)c(F)c4)cc3)cn2n1. The van der Waals surface area contributed by atoms with Crippen molar-refractivity contribution >= 4 is 23.2 Å². The zero-order valence-electron chi connectivity index (χ0n) is 14.4. The van der Waals surface area contributed by atoms with Crippen molar-refractivity contribution in [3.8, 4) is 11.3 Å². The summed E-state index contributed by atoms with van der Waals surface area (Å²) in [5.74, 6) is -2.09. The smallest absolute Gasteiger partial charge is 0.240 e. The molecular formula is C19H14F2N6O. The molecule has 4 rings (SSSR count). The molecule has 0 aliphatic carbocycles. The van der Waals surface area contributed by atoms with Crippen LogP contribution in [0, 0.1) is 11.6 Å². The standard InChI is InChI=1S/C19H14F2N6O/c20-14-6-1-11(7-15(14)21)8-18(28)24-13-4-2-12(3-5-13)16-10-27-17(9-23-16)25-19(22)26-27/h1-7,9-10H,8H2,(H2,22,26)(H,24,28). The number of carbonyl (C=O) groups is 1. The first-order chi connectivity index (χ1) is 13.5. The van der Waals surface area contributed by atoms with E-state index in [1.165, 1.54) is 10.6 Å². The summed E-state index contributed by atoms with van der Waals surface area (Å²) in [5, 5.41) is 6.76. The van der Waals surface area contributed by atoms with Gasteiger partial charge in [-0.25, -0.2) is 13.3 Å². The highest BCUT2D eigenvalue weighted by Crippen LogP contribution is 2.20. The van der Waals surface area contributed by atoms with Crippen LogP contribution in [0.3, 0.4) is 0 Å². The molecule has 0 aliphatic heterocycles. The third-order valence-electron chi connectivity index (χ3n) is 4.05. The number of nitrogen functional groups attached to an aromatic ring is 1. The predicted octanol–water partition coefficient (Wildman–Crippen LogP) is 2.83. The number of carbonyl (C=O) groups excluding carboxylic acids is 1. The van der Waals surface area contributed by atoms with Crippen molar-refractivity contribution in [1.82, 2.24) is 19.6 Å². The second-order valence-electron chi connectivity index (χ2n) is 6.10. The lowest BCUT2D eigenvalue weighted by atomic mass is 10.1. The number of amides is 1. The maximum absolute atomic E-state index is 13.2. The molecule has 2 aromatic carbocycles. The molecule has 3 N–H and O–H groups in total. The fourth-order valence-corrected chi connectivity index (χ4v) is 2.73. The van der Waals surface area contributed by atoms with Crippen LogP contribution in [-0.2, 0) is 11.2 Å². The van der Waals surface area contributed by atoms with E-state index in [2.05, 4.69) is 20.4 Å². The number of hydrogen-bond donors (Lipinski definition) is 2. The summed E-state index contributed by atoms with van der Waals surface area (Å²) < 4.78 is 27.7. The highest BCUT2D eigenvalue weighted by Gasteiger charge is 2.09. The molecule has 0 spiro atoms. The van der Waals surface area contributed by atoms with Gasteiger partial charge in [-0.05, 0) is 29.8 Å². The van der Waals surface area contributed by atoms with E-state index in [1.807, 2.05) is 0 Å². The molecule has 2 heterocycles. The molecule has 0 unspecified atom stereocenters. The van der Waals surface area contributed by atoms with Crippen LogP contribution < -0.4 is 11.1 Å². The molecular weight excluding hydrogens is 366 g/mol. The number of nitrogens with zero attached hydrogens (tertiary/aromatic N) is 4. The molecule has 28 heavy (non-hydrogen) atoms. The minimum atomic E-state index is -0.978. The predicted molar refractivity (Wildman–Crippen MR) is 99.3 cm³/mol. The van der Waals surface area contributed by atoms with E-state index >= 15 is 0 Å². The number of hydrogen-bond acceptors (Lipinski definition) is 5. The minimum Gasteiger partial charge on any atom is -0.366 e. The van der Waals surface area contributed by atoms with Crippen molar-refractivity contribution in [3.05, 3.63) is 72.1 Å². The average Bonchev–Trinajstić information content (AvgIpc) is 3.04. The molecule has 0 saturated heterocycles. The average molecular weight is 380 g/mol. The van der Waals surface area contributed by atoms with Gasteiger partial charge in [-0.1, -0.05) is 18.2 Å². The van der Waals surface area contributed by atoms with E-state index in [1.54, 1.807) is 36.7 Å². The Morgan fingerprint density at radius 3 is 2.64 bits per heavy atom. The molecule has 140 valence electrons. The van der Waals surface area contributed by atoms with Gasteiger partial charge in [0.2, 0.25) is 11.9 Å². The largest absolute Gasteiger partial charge is 0.366 e. The van der Waals surface area contributed by atoms with E-state index < -0.39 is 11.6 Å². The zero-order valence-corrected chi connectivity index (χ0v) is 14.4. The lowest BCUT2D eigenvalue weighted by molar-refractivity contribution is -0.115. The Bertz CT molecular complexity index is 1170. The highest BCUT2D eigenvalue weighted by atomic mass is 19.2. The van der Waals surface area contributed by atoms with Crippen molar-refractivity contribution in [3.63, 3.8) is 0 Å². The van der Waals surface area contributed by atoms with Crippen molar-refractivity contribution in [1.29, 1.82) is 0 Å². The Balaban J connectivity index is 1.46. The van der Waals surface area contributed by atoms with Crippen molar-refractivity contribution in [2.75, 3.05) is 11.1 Å². The maximum Gasteiger partial charge on any atom is 0.240 e. The molecule has 0 radical (unpaired) electrons. The number of aromatic nitrogens is 4. The second kappa shape index (κ2) is 7.03. The summed E-state index contributed by atoms with van der Waals surface area (Å²) in [6, 6.07) is 10.4. The van der Waals surface area contributed by atoms with Gasteiger partial charge in [-0.3, -0.25) is 9.78 Å². The number of halogens is 2. The molecule has 0 saturated carbocycles. The number of nitrogens with one attached hydrogen (secondary N) is 1. The molecule has 0 atom stereocenters. The molecule has 4 aromatic rings. The summed E-state index contributed by atoms with van der Waals surface area (Å²) in [6.45, 7) is 0. The lowest BCUT2D eigenvalue weighted by Gasteiger charge is -2.07. The number of nitrogens with two attached hydrogens (primary N) is 1. The first kappa shape index (κ1) is 17.5. The summed E-state index contributed by atoms with van der Waals surface area (Å²) in [5.41, 5.74) is 8.55. The Labute approximate surface area is 157 Å². The molecule has 1 amide bonds. The molecule has 7 nitrogen and oxygen atoms in total. The summed E-state index contributed by atoms with van der Waals surface area (Å²) in [4.78, 5) is 20.4. The van der Waals surface area contributed by atoms with E-state index in [0.717, 1.165) is 17.7 Å². The van der Waals surface area contributed by atoms with E-state index in [9.17, 15) is 13.6 Å². The Morgan fingerprint density at radius 2 is 1.89 bits per heavy atom. The number of anilines is 2. The topological polar surface area (TPSA) is 98.2 Å². The highest BCUT2D eigenvalue weighted by molar-refractivity contribution is 5.92. The first-order valence-corrected chi connectivity index (χ1v) is 8.30. The van der Waals surface area contributed by atoms with Crippen LogP contribution in [0.25, 0.3) is 16.9 Å². The van der Waals surface area contributed by atoms with Crippen LogP contribution in [0.15, 0.2) is 54.9 Å². The number of rotatable bonds is 4. The van der Waals surface area contributed by atoms with Crippen molar-refractivity contribution < 1.29 is 13.6 Å². The monoisotopic (exact) mass is 380 g/mol. The molecule has 0 aliphatic rings. The van der Waals surface area contributed by atoms with Crippen LogP contribution in [0.5, 0.6) is 0 Å². The summed E-state index contributed by atoms with van der Waals surface area (Å²) in [6.07, 6.45) is 3.20. The van der Waals surface area contributed by atoms with Gasteiger partial charge < -0.3 is 11.1 Å². The number of fused-ring (bicyclic) bond motifs is 1. The van der Waals surface area contributed by atoms with Gasteiger partial charge in [-0.2, -0.15) is 4.98 Å². The minimum absolute atomic E-state index is 0.0646. The fraction of sp³-hybridized carbons (Fsp3) is 0.0526. The quantitative estimate of drug-likeness (QED) is 0.567. The Hall–Kier alpha value is -3.88. The molecule has 9 heteroatoms. The van der Waals surface area contributed by atoms with Gasteiger partial charge in [0, 0.05) is 11.3 Å². The fourth-order valence-electron chi connectivity index (χ4n) is 2.73. The third-order valence-corrected chi connectivity index (χ3v) is 4.05. The summed E-state index contributed by atoms with van der Waals surface area (Å²) in [7, 11) is 0. The van der Waals surface area contributed by atoms with Gasteiger partial charge in [0.15, 0.2) is 17.3 Å². The maximum atomic E-state index is 13.2. The van der Waals surface area contributed by atoms with Crippen molar-refractivity contribution in [2.24, 2.45) is 0 Å². The van der Waals surface area contributed by atoms with Gasteiger partial charge in [0.1, 0.15) is 0 Å².